The Bertz CT molecular complexity index is 845. The number of benzene rings is 2. The van der Waals surface area contributed by atoms with E-state index in [1.807, 2.05) is 49.1 Å². The van der Waals surface area contributed by atoms with Crippen LogP contribution in [0.2, 0.25) is 0 Å². The molecule has 0 saturated carbocycles. The van der Waals surface area contributed by atoms with Gasteiger partial charge in [-0.3, -0.25) is 9.69 Å². The van der Waals surface area contributed by atoms with Crippen LogP contribution in [0, 0.1) is 0 Å². The first-order valence-electron chi connectivity index (χ1n) is 9.16. The van der Waals surface area contributed by atoms with Crippen LogP contribution in [0.3, 0.4) is 0 Å². The molecule has 7 heteroatoms. The molecule has 148 valence electrons. The molecule has 3 atom stereocenters. The van der Waals surface area contributed by atoms with Crippen molar-refractivity contribution in [2.45, 2.75) is 32.1 Å². The minimum Gasteiger partial charge on any atom is -0.508 e. The lowest BCUT2D eigenvalue weighted by atomic mass is 10.0. The Morgan fingerprint density at radius 2 is 1.75 bits per heavy atom. The van der Waals surface area contributed by atoms with Crippen LogP contribution in [0.25, 0.3) is 0 Å². The number of aromatic carboxylic acids is 1. The fourth-order valence-corrected chi connectivity index (χ4v) is 3.61. The highest BCUT2D eigenvalue weighted by Crippen LogP contribution is 2.28. The SMILES string of the molecule is CC1CN(C(C(=O)Nc2ccc(O)cc2C(=O)O)c2ccccc2)CC(C)O1. The van der Waals surface area contributed by atoms with Gasteiger partial charge >= 0.3 is 5.97 Å². The van der Waals surface area contributed by atoms with E-state index in [0.717, 1.165) is 11.6 Å². The van der Waals surface area contributed by atoms with Crippen molar-refractivity contribution >= 4 is 17.6 Å². The van der Waals surface area contributed by atoms with E-state index in [0.29, 0.717) is 13.1 Å². The Balaban J connectivity index is 1.93. The van der Waals surface area contributed by atoms with Crippen molar-refractivity contribution in [1.29, 1.82) is 0 Å². The molecule has 3 unspecified atom stereocenters. The Morgan fingerprint density at radius 3 is 2.36 bits per heavy atom. The summed E-state index contributed by atoms with van der Waals surface area (Å²) in [5, 5.41) is 21.7. The molecule has 1 saturated heterocycles. The second-order valence-electron chi connectivity index (χ2n) is 7.05. The zero-order valence-electron chi connectivity index (χ0n) is 15.8. The van der Waals surface area contributed by atoms with Crippen LogP contribution in [0.15, 0.2) is 48.5 Å². The summed E-state index contributed by atoms with van der Waals surface area (Å²) in [5.74, 6) is -1.73. The lowest BCUT2D eigenvalue weighted by Crippen LogP contribution is -2.49. The number of morpholine rings is 1. The Morgan fingerprint density at radius 1 is 1.11 bits per heavy atom. The molecule has 7 nitrogen and oxygen atoms in total. The third-order valence-corrected chi connectivity index (χ3v) is 4.67. The number of carbonyl (C=O) groups excluding carboxylic acids is 1. The monoisotopic (exact) mass is 384 g/mol. The van der Waals surface area contributed by atoms with Gasteiger partial charge in [0.25, 0.3) is 0 Å². The van der Waals surface area contributed by atoms with Gasteiger partial charge in [-0.25, -0.2) is 4.79 Å². The molecule has 0 aliphatic carbocycles. The lowest BCUT2D eigenvalue weighted by Gasteiger charge is -2.39. The summed E-state index contributed by atoms with van der Waals surface area (Å²) in [6, 6.07) is 12.6. The number of amides is 1. The van der Waals surface area contributed by atoms with E-state index in [-0.39, 0.29) is 35.1 Å². The molecule has 1 heterocycles. The van der Waals surface area contributed by atoms with E-state index in [2.05, 4.69) is 5.32 Å². The summed E-state index contributed by atoms with van der Waals surface area (Å²) in [6.07, 6.45) is -0.0444. The van der Waals surface area contributed by atoms with Crippen LogP contribution in [-0.4, -0.2) is 52.3 Å². The third-order valence-electron chi connectivity index (χ3n) is 4.67. The van der Waals surface area contributed by atoms with E-state index in [1.54, 1.807) is 0 Å². The first-order valence-corrected chi connectivity index (χ1v) is 9.16. The molecule has 1 aliphatic rings. The maximum absolute atomic E-state index is 13.2. The molecule has 1 fully saturated rings. The number of aromatic hydroxyl groups is 1. The highest BCUT2D eigenvalue weighted by atomic mass is 16.5. The second kappa shape index (κ2) is 8.41. The normalized spacial score (nSPS) is 21.1. The number of carboxylic acids is 1. The summed E-state index contributed by atoms with van der Waals surface area (Å²) in [5.41, 5.74) is 0.798. The molecule has 1 aliphatic heterocycles. The predicted molar refractivity (Wildman–Crippen MR) is 104 cm³/mol. The summed E-state index contributed by atoms with van der Waals surface area (Å²) < 4.78 is 5.79. The Hall–Kier alpha value is -2.90. The van der Waals surface area contributed by atoms with Gasteiger partial charge in [0, 0.05) is 13.1 Å². The summed E-state index contributed by atoms with van der Waals surface area (Å²) in [7, 11) is 0. The van der Waals surface area contributed by atoms with E-state index >= 15 is 0 Å². The molecule has 28 heavy (non-hydrogen) atoms. The van der Waals surface area contributed by atoms with Gasteiger partial charge in [0.1, 0.15) is 11.8 Å². The quantitative estimate of drug-likeness (QED) is 0.686. The maximum Gasteiger partial charge on any atom is 0.337 e. The van der Waals surface area contributed by atoms with Gasteiger partial charge in [-0.1, -0.05) is 30.3 Å². The molecular formula is C21H24N2O5. The summed E-state index contributed by atoms with van der Waals surface area (Å²) >= 11 is 0. The minimum absolute atomic E-state index is 0.0222. The largest absolute Gasteiger partial charge is 0.508 e. The summed E-state index contributed by atoms with van der Waals surface area (Å²) in [6.45, 7) is 5.09. The van der Waals surface area contributed by atoms with Gasteiger partial charge in [-0.15, -0.1) is 0 Å². The van der Waals surface area contributed by atoms with Crippen LogP contribution in [-0.2, 0) is 9.53 Å². The van der Waals surface area contributed by atoms with Crippen LogP contribution in [0.1, 0.15) is 35.8 Å². The van der Waals surface area contributed by atoms with Crippen molar-refractivity contribution < 1.29 is 24.5 Å². The van der Waals surface area contributed by atoms with Crippen molar-refractivity contribution in [3.8, 4) is 5.75 Å². The van der Waals surface area contributed by atoms with E-state index in [4.69, 9.17) is 4.74 Å². The highest BCUT2D eigenvalue weighted by molar-refractivity contribution is 6.02. The number of carboxylic acid groups (broad SMARTS) is 1. The van der Waals surface area contributed by atoms with Crippen molar-refractivity contribution in [1.82, 2.24) is 4.90 Å². The Labute approximate surface area is 163 Å². The first kappa shape index (κ1) is 19.9. The van der Waals surface area contributed by atoms with E-state index in [9.17, 15) is 19.8 Å². The summed E-state index contributed by atoms with van der Waals surface area (Å²) in [4.78, 5) is 26.8. The predicted octanol–water partition coefficient (Wildman–Crippen LogP) is 2.88. The standard InChI is InChI=1S/C21H24N2O5/c1-13-11-23(12-14(2)28-13)19(15-6-4-3-5-7-15)20(25)22-18-9-8-16(24)10-17(18)21(26)27/h3-10,13-14,19,24H,11-12H2,1-2H3,(H,22,25)(H,26,27). The van der Waals surface area contributed by atoms with E-state index in [1.165, 1.54) is 12.1 Å². The highest BCUT2D eigenvalue weighted by Gasteiger charge is 2.33. The van der Waals surface area contributed by atoms with Gasteiger partial charge in [0.15, 0.2) is 0 Å². The van der Waals surface area contributed by atoms with Gasteiger partial charge in [0.2, 0.25) is 5.91 Å². The first-order chi connectivity index (χ1) is 13.3. The average molecular weight is 384 g/mol. The van der Waals surface area contributed by atoms with Crippen molar-refractivity contribution in [2.24, 2.45) is 0 Å². The van der Waals surface area contributed by atoms with Gasteiger partial charge in [-0.05, 0) is 37.6 Å². The molecule has 2 aromatic carbocycles. The lowest BCUT2D eigenvalue weighted by molar-refractivity contribution is -0.128. The molecule has 3 rings (SSSR count). The van der Waals surface area contributed by atoms with Crippen LogP contribution in [0.5, 0.6) is 5.75 Å². The van der Waals surface area contributed by atoms with Crippen LogP contribution < -0.4 is 5.32 Å². The number of hydrogen-bond donors (Lipinski definition) is 3. The molecule has 1 amide bonds. The number of anilines is 1. The van der Waals surface area contributed by atoms with Crippen molar-refractivity contribution in [3.05, 3.63) is 59.7 Å². The van der Waals surface area contributed by atoms with Gasteiger partial charge in [-0.2, -0.15) is 0 Å². The fourth-order valence-electron chi connectivity index (χ4n) is 3.61. The number of carbonyl (C=O) groups is 2. The number of phenolic OH excluding ortho intramolecular Hbond substituents is 1. The molecule has 0 spiro atoms. The number of rotatable bonds is 5. The molecular weight excluding hydrogens is 360 g/mol. The number of hydrogen-bond acceptors (Lipinski definition) is 5. The number of phenols is 1. The number of nitrogens with one attached hydrogen (secondary N) is 1. The maximum atomic E-state index is 13.2. The zero-order valence-corrected chi connectivity index (χ0v) is 15.8. The molecule has 2 aromatic rings. The topological polar surface area (TPSA) is 99.1 Å². The Kier molecular flexibility index (Phi) is 5.96. The molecule has 0 bridgehead atoms. The minimum atomic E-state index is -1.23. The van der Waals surface area contributed by atoms with Crippen LogP contribution >= 0.6 is 0 Å². The smallest absolute Gasteiger partial charge is 0.337 e. The van der Waals surface area contributed by atoms with Gasteiger partial charge in [0.05, 0.1) is 23.5 Å². The van der Waals surface area contributed by atoms with E-state index < -0.39 is 12.0 Å². The zero-order chi connectivity index (χ0) is 20.3. The van der Waals surface area contributed by atoms with Crippen molar-refractivity contribution in [2.75, 3.05) is 18.4 Å². The average Bonchev–Trinajstić information content (AvgIpc) is 2.63. The fraction of sp³-hybridized carbons (Fsp3) is 0.333. The molecule has 0 radical (unpaired) electrons. The number of ether oxygens (including phenoxy) is 1. The van der Waals surface area contributed by atoms with Gasteiger partial charge < -0.3 is 20.3 Å². The third kappa shape index (κ3) is 4.49. The molecule has 3 N–H and O–H groups in total. The number of nitrogens with zero attached hydrogens (tertiary/aromatic N) is 1. The van der Waals surface area contributed by atoms with Crippen molar-refractivity contribution in [3.63, 3.8) is 0 Å². The van der Waals surface area contributed by atoms with Crippen LogP contribution in [0.4, 0.5) is 5.69 Å². The second-order valence-corrected chi connectivity index (χ2v) is 7.05. The molecule has 0 aromatic heterocycles.